The average Bonchev–Trinajstić information content (AvgIpc) is 2.64. The van der Waals surface area contributed by atoms with Crippen LogP contribution < -0.4 is 5.73 Å². The second-order valence-electron chi connectivity index (χ2n) is 4.64. The SMILES string of the molecule is Cc1nn(C)c(CC2(N)CCOC2C)c1Cl. The molecule has 0 aliphatic carbocycles. The van der Waals surface area contributed by atoms with Crippen molar-refractivity contribution in [1.29, 1.82) is 0 Å². The van der Waals surface area contributed by atoms with E-state index in [9.17, 15) is 0 Å². The Bertz CT molecular complexity index is 404. The Labute approximate surface area is 101 Å². The number of halogens is 1. The maximum absolute atomic E-state index is 6.36. The fraction of sp³-hybridized carbons (Fsp3) is 0.727. The highest BCUT2D eigenvalue weighted by atomic mass is 35.5. The minimum Gasteiger partial charge on any atom is -0.377 e. The minimum atomic E-state index is -0.316. The second-order valence-corrected chi connectivity index (χ2v) is 5.02. The molecule has 0 radical (unpaired) electrons. The van der Waals surface area contributed by atoms with Gasteiger partial charge in [-0.3, -0.25) is 4.68 Å². The van der Waals surface area contributed by atoms with Gasteiger partial charge < -0.3 is 10.5 Å². The molecule has 0 aromatic carbocycles. The summed E-state index contributed by atoms with van der Waals surface area (Å²) in [7, 11) is 1.90. The van der Waals surface area contributed by atoms with Crippen LogP contribution in [-0.4, -0.2) is 28.0 Å². The Hall–Kier alpha value is -0.580. The first kappa shape index (κ1) is 11.9. The van der Waals surface area contributed by atoms with E-state index in [0.717, 1.165) is 29.4 Å². The van der Waals surface area contributed by atoms with Gasteiger partial charge in [0.1, 0.15) is 0 Å². The molecule has 0 spiro atoms. The van der Waals surface area contributed by atoms with E-state index in [1.807, 2.05) is 25.6 Å². The molecule has 4 nitrogen and oxygen atoms in total. The van der Waals surface area contributed by atoms with Crippen LogP contribution in [0.15, 0.2) is 0 Å². The molecule has 2 N–H and O–H groups in total. The largest absolute Gasteiger partial charge is 0.377 e. The summed E-state index contributed by atoms with van der Waals surface area (Å²) in [5.41, 5.74) is 7.90. The zero-order chi connectivity index (χ0) is 11.9. The van der Waals surface area contributed by atoms with Gasteiger partial charge in [-0.15, -0.1) is 0 Å². The fourth-order valence-electron chi connectivity index (χ4n) is 2.21. The summed E-state index contributed by atoms with van der Waals surface area (Å²) in [4.78, 5) is 0. The molecular weight excluding hydrogens is 226 g/mol. The summed E-state index contributed by atoms with van der Waals surface area (Å²) in [6.45, 7) is 4.65. The summed E-state index contributed by atoms with van der Waals surface area (Å²) < 4.78 is 7.35. The van der Waals surface area contributed by atoms with Crippen molar-refractivity contribution in [1.82, 2.24) is 9.78 Å². The lowest BCUT2D eigenvalue weighted by molar-refractivity contribution is 0.0950. The van der Waals surface area contributed by atoms with Crippen LogP contribution in [0.3, 0.4) is 0 Å². The molecule has 5 heteroatoms. The monoisotopic (exact) mass is 243 g/mol. The number of nitrogens with two attached hydrogens (primary N) is 1. The quantitative estimate of drug-likeness (QED) is 0.855. The molecule has 16 heavy (non-hydrogen) atoms. The van der Waals surface area contributed by atoms with Crippen molar-refractivity contribution in [2.75, 3.05) is 6.61 Å². The Morgan fingerprint density at radius 2 is 2.38 bits per heavy atom. The van der Waals surface area contributed by atoms with Crippen molar-refractivity contribution >= 4 is 11.6 Å². The van der Waals surface area contributed by atoms with Gasteiger partial charge in [-0.2, -0.15) is 5.10 Å². The highest BCUT2D eigenvalue weighted by Gasteiger charge is 2.39. The van der Waals surface area contributed by atoms with Gasteiger partial charge in [0, 0.05) is 25.6 Å². The normalized spacial score (nSPS) is 29.9. The number of hydrogen-bond acceptors (Lipinski definition) is 3. The van der Waals surface area contributed by atoms with Crippen molar-refractivity contribution in [3.8, 4) is 0 Å². The molecule has 0 bridgehead atoms. The molecule has 1 aromatic rings. The van der Waals surface area contributed by atoms with E-state index in [4.69, 9.17) is 22.1 Å². The third kappa shape index (κ3) is 1.85. The van der Waals surface area contributed by atoms with Gasteiger partial charge in [-0.25, -0.2) is 0 Å². The van der Waals surface area contributed by atoms with Gasteiger partial charge in [-0.05, 0) is 20.3 Å². The molecule has 2 atom stereocenters. The maximum Gasteiger partial charge on any atom is 0.0847 e. The minimum absolute atomic E-state index is 0.0683. The first-order valence-corrected chi connectivity index (χ1v) is 5.90. The zero-order valence-corrected chi connectivity index (χ0v) is 10.7. The van der Waals surface area contributed by atoms with Gasteiger partial charge in [-0.1, -0.05) is 11.6 Å². The van der Waals surface area contributed by atoms with Gasteiger partial charge in [0.05, 0.1) is 22.5 Å². The summed E-state index contributed by atoms with van der Waals surface area (Å²) in [6, 6.07) is 0. The highest BCUT2D eigenvalue weighted by Crippen LogP contribution is 2.30. The van der Waals surface area contributed by atoms with Crippen LogP contribution in [0.25, 0.3) is 0 Å². The van der Waals surface area contributed by atoms with Crippen LogP contribution in [0, 0.1) is 6.92 Å². The van der Waals surface area contributed by atoms with Crippen LogP contribution in [0.1, 0.15) is 24.7 Å². The number of rotatable bonds is 2. The van der Waals surface area contributed by atoms with Gasteiger partial charge >= 0.3 is 0 Å². The van der Waals surface area contributed by atoms with E-state index in [1.54, 1.807) is 0 Å². The molecule has 1 aliphatic rings. The van der Waals surface area contributed by atoms with E-state index in [0.29, 0.717) is 6.42 Å². The number of ether oxygens (including phenoxy) is 1. The number of hydrogen-bond donors (Lipinski definition) is 1. The van der Waals surface area contributed by atoms with Crippen molar-refractivity contribution in [3.05, 3.63) is 16.4 Å². The second kappa shape index (κ2) is 4.02. The third-order valence-corrected chi connectivity index (χ3v) is 3.99. The third-order valence-electron chi connectivity index (χ3n) is 3.50. The summed E-state index contributed by atoms with van der Waals surface area (Å²) in [5.74, 6) is 0. The molecule has 2 unspecified atom stereocenters. The molecule has 1 aromatic heterocycles. The maximum atomic E-state index is 6.36. The van der Waals surface area contributed by atoms with Gasteiger partial charge in [0.2, 0.25) is 0 Å². The van der Waals surface area contributed by atoms with Crippen LogP contribution in [-0.2, 0) is 18.2 Å². The first-order valence-electron chi connectivity index (χ1n) is 5.52. The first-order chi connectivity index (χ1) is 7.44. The Balaban J connectivity index is 2.26. The lowest BCUT2D eigenvalue weighted by Gasteiger charge is -2.27. The van der Waals surface area contributed by atoms with Crippen molar-refractivity contribution < 1.29 is 4.74 Å². The van der Waals surface area contributed by atoms with Crippen LogP contribution in [0.4, 0.5) is 0 Å². The lowest BCUT2D eigenvalue weighted by atomic mass is 9.88. The van der Waals surface area contributed by atoms with E-state index >= 15 is 0 Å². The van der Waals surface area contributed by atoms with E-state index in [1.165, 1.54) is 0 Å². The van der Waals surface area contributed by atoms with Crippen molar-refractivity contribution in [2.24, 2.45) is 12.8 Å². The number of aryl methyl sites for hydroxylation is 2. The predicted molar refractivity (Wildman–Crippen MR) is 63.6 cm³/mol. The van der Waals surface area contributed by atoms with E-state index in [2.05, 4.69) is 5.10 Å². The standard InChI is InChI=1S/C11H18ClN3O/c1-7-10(12)9(15(3)14-7)6-11(13)4-5-16-8(11)2/h8H,4-6,13H2,1-3H3. The van der Waals surface area contributed by atoms with Crippen molar-refractivity contribution in [3.63, 3.8) is 0 Å². The Morgan fingerprint density at radius 1 is 1.69 bits per heavy atom. The predicted octanol–water partition coefficient (Wildman–Crippen LogP) is 1.43. The molecule has 2 heterocycles. The van der Waals surface area contributed by atoms with Crippen LogP contribution >= 0.6 is 11.6 Å². The molecule has 0 amide bonds. The fourth-order valence-corrected chi connectivity index (χ4v) is 2.44. The molecule has 1 aliphatic heterocycles. The average molecular weight is 244 g/mol. The molecular formula is C11H18ClN3O. The van der Waals surface area contributed by atoms with Crippen LogP contribution in [0.5, 0.6) is 0 Å². The summed E-state index contributed by atoms with van der Waals surface area (Å²) in [6.07, 6.45) is 1.65. The number of nitrogens with zero attached hydrogens (tertiary/aromatic N) is 2. The number of aromatic nitrogens is 2. The Kier molecular flexibility index (Phi) is 2.99. The summed E-state index contributed by atoms with van der Waals surface area (Å²) >= 11 is 6.22. The van der Waals surface area contributed by atoms with Crippen LogP contribution in [0.2, 0.25) is 5.02 Å². The van der Waals surface area contributed by atoms with Crippen molar-refractivity contribution in [2.45, 2.75) is 38.3 Å². The smallest absolute Gasteiger partial charge is 0.0847 e. The zero-order valence-electron chi connectivity index (χ0n) is 9.96. The molecule has 0 saturated carbocycles. The Morgan fingerprint density at radius 3 is 2.81 bits per heavy atom. The van der Waals surface area contributed by atoms with Gasteiger partial charge in [0.25, 0.3) is 0 Å². The lowest BCUT2D eigenvalue weighted by Crippen LogP contribution is -2.48. The topological polar surface area (TPSA) is 53.1 Å². The molecule has 90 valence electrons. The highest BCUT2D eigenvalue weighted by molar-refractivity contribution is 6.31. The van der Waals surface area contributed by atoms with E-state index in [-0.39, 0.29) is 11.6 Å². The van der Waals surface area contributed by atoms with E-state index < -0.39 is 0 Å². The summed E-state index contributed by atoms with van der Waals surface area (Å²) in [5, 5.41) is 5.03. The molecule has 1 saturated heterocycles. The van der Waals surface area contributed by atoms with Gasteiger partial charge in [0.15, 0.2) is 0 Å². The molecule has 1 fully saturated rings. The molecule has 2 rings (SSSR count).